The number of hydrogen-bond acceptors (Lipinski definition) is 6. The summed E-state index contributed by atoms with van der Waals surface area (Å²) in [6.07, 6.45) is 0. The standard InChI is InChI=1S/C32H35NO6/c1-7-39-24-13-8-20(9-14-24)19-33-28(21-10-15-23(37-5)16-11-21)27(30(35)31(33)36)29(34)25-18-22(32(2,3)4)12-17-26(25)38-6/h8-18,28,34H,7,19H2,1-6H3/b29-27+. The first-order valence-corrected chi connectivity index (χ1v) is 12.9. The summed E-state index contributed by atoms with van der Waals surface area (Å²) in [6.45, 7) is 8.81. The molecule has 204 valence electrons. The van der Waals surface area contributed by atoms with Gasteiger partial charge >= 0.3 is 0 Å². The van der Waals surface area contributed by atoms with E-state index in [0.29, 0.717) is 29.2 Å². The van der Waals surface area contributed by atoms with Gasteiger partial charge in [-0.05, 0) is 65.4 Å². The normalized spacial score (nSPS) is 16.9. The molecule has 39 heavy (non-hydrogen) atoms. The number of methoxy groups -OCH3 is 2. The first-order chi connectivity index (χ1) is 18.6. The first kappa shape index (κ1) is 27.8. The van der Waals surface area contributed by atoms with Gasteiger partial charge < -0.3 is 24.2 Å². The molecule has 1 heterocycles. The van der Waals surface area contributed by atoms with Crippen LogP contribution in [0.25, 0.3) is 5.76 Å². The highest BCUT2D eigenvalue weighted by atomic mass is 16.5. The number of amides is 1. The number of Topliss-reactive ketones (excluding diaryl/α,β-unsaturated/α-hetero) is 1. The van der Waals surface area contributed by atoms with Crippen molar-refractivity contribution in [2.24, 2.45) is 0 Å². The zero-order valence-electron chi connectivity index (χ0n) is 23.3. The Morgan fingerprint density at radius 3 is 2.10 bits per heavy atom. The lowest BCUT2D eigenvalue weighted by Crippen LogP contribution is -2.29. The smallest absolute Gasteiger partial charge is 0.295 e. The number of hydrogen-bond donors (Lipinski definition) is 1. The Morgan fingerprint density at radius 1 is 0.897 bits per heavy atom. The number of ether oxygens (including phenoxy) is 3. The molecule has 1 fully saturated rings. The van der Waals surface area contributed by atoms with Crippen LogP contribution in [-0.2, 0) is 21.5 Å². The number of aliphatic hydroxyl groups excluding tert-OH is 1. The molecule has 3 aromatic rings. The van der Waals surface area contributed by atoms with Crippen LogP contribution in [0.2, 0.25) is 0 Å². The van der Waals surface area contributed by atoms with E-state index < -0.39 is 17.7 Å². The quantitative estimate of drug-likeness (QED) is 0.218. The molecule has 0 aliphatic carbocycles. The van der Waals surface area contributed by atoms with E-state index in [1.54, 1.807) is 37.4 Å². The van der Waals surface area contributed by atoms with Crippen LogP contribution in [0.15, 0.2) is 72.3 Å². The van der Waals surface area contributed by atoms with Gasteiger partial charge in [0, 0.05) is 6.54 Å². The molecule has 0 aromatic heterocycles. The third-order valence-electron chi connectivity index (χ3n) is 6.88. The van der Waals surface area contributed by atoms with E-state index in [-0.39, 0.29) is 23.3 Å². The maximum absolute atomic E-state index is 13.6. The van der Waals surface area contributed by atoms with Gasteiger partial charge in [-0.15, -0.1) is 0 Å². The molecule has 1 amide bonds. The molecule has 7 heteroatoms. The van der Waals surface area contributed by atoms with Crippen molar-refractivity contribution in [2.75, 3.05) is 20.8 Å². The molecule has 1 aliphatic heterocycles. The molecular formula is C32H35NO6. The topological polar surface area (TPSA) is 85.3 Å². The largest absolute Gasteiger partial charge is 0.507 e. The molecule has 3 aromatic carbocycles. The fraction of sp³-hybridized carbons (Fsp3) is 0.312. The Labute approximate surface area is 229 Å². The average molecular weight is 530 g/mol. The highest BCUT2D eigenvalue weighted by Gasteiger charge is 2.46. The molecular weight excluding hydrogens is 494 g/mol. The first-order valence-electron chi connectivity index (χ1n) is 12.9. The van der Waals surface area contributed by atoms with Crippen molar-refractivity contribution >= 4 is 17.4 Å². The van der Waals surface area contributed by atoms with Crippen molar-refractivity contribution in [3.05, 3.63) is 94.6 Å². The summed E-state index contributed by atoms with van der Waals surface area (Å²) in [5.41, 5.74) is 2.62. The second-order valence-corrected chi connectivity index (χ2v) is 10.4. The fourth-order valence-electron chi connectivity index (χ4n) is 4.73. The van der Waals surface area contributed by atoms with Crippen LogP contribution in [0.4, 0.5) is 0 Å². The van der Waals surface area contributed by atoms with Gasteiger partial charge in [0.25, 0.3) is 11.7 Å². The van der Waals surface area contributed by atoms with E-state index in [1.165, 1.54) is 12.0 Å². The summed E-state index contributed by atoms with van der Waals surface area (Å²) in [4.78, 5) is 28.5. The van der Waals surface area contributed by atoms with Crippen LogP contribution < -0.4 is 14.2 Å². The molecule has 0 saturated carbocycles. The summed E-state index contributed by atoms with van der Waals surface area (Å²) < 4.78 is 16.4. The number of carbonyl (C=O) groups excluding carboxylic acids is 2. The number of benzene rings is 3. The number of nitrogens with zero attached hydrogens (tertiary/aromatic N) is 1. The lowest BCUT2D eigenvalue weighted by Gasteiger charge is -2.26. The zero-order valence-corrected chi connectivity index (χ0v) is 23.3. The summed E-state index contributed by atoms with van der Waals surface area (Å²) in [6, 6.07) is 19.3. The minimum atomic E-state index is -0.814. The number of ketones is 1. The second-order valence-electron chi connectivity index (χ2n) is 10.4. The van der Waals surface area contributed by atoms with Gasteiger partial charge in [-0.1, -0.05) is 51.1 Å². The summed E-state index contributed by atoms with van der Waals surface area (Å²) in [5, 5.41) is 11.7. The number of aliphatic hydroxyl groups is 1. The van der Waals surface area contributed by atoms with E-state index in [2.05, 4.69) is 20.8 Å². The Balaban J connectivity index is 1.87. The molecule has 1 N–H and O–H groups in total. The van der Waals surface area contributed by atoms with Gasteiger partial charge in [-0.25, -0.2) is 0 Å². The molecule has 4 rings (SSSR count). The summed E-state index contributed by atoms with van der Waals surface area (Å²) in [7, 11) is 3.08. The van der Waals surface area contributed by atoms with Crippen molar-refractivity contribution in [1.29, 1.82) is 0 Å². The van der Waals surface area contributed by atoms with E-state index in [9.17, 15) is 14.7 Å². The van der Waals surface area contributed by atoms with Gasteiger partial charge in [0.15, 0.2) is 0 Å². The molecule has 0 bridgehead atoms. The maximum atomic E-state index is 13.6. The monoisotopic (exact) mass is 529 g/mol. The number of likely N-dealkylation sites (tertiary alicyclic amines) is 1. The van der Waals surface area contributed by atoms with Crippen LogP contribution in [-0.4, -0.2) is 42.5 Å². The van der Waals surface area contributed by atoms with Crippen molar-refractivity contribution in [3.8, 4) is 17.2 Å². The maximum Gasteiger partial charge on any atom is 0.295 e. The highest BCUT2D eigenvalue weighted by Crippen LogP contribution is 2.43. The van der Waals surface area contributed by atoms with Crippen LogP contribution in [0.1, 0.15) is 56.0 Å². The highest BCUT2D eigenvalue weighted by molar-refractivity contribution is 6.46. The van der Waals surface area contributed by atoms with Gasteiger partial charge in [-0.2, -0.15) is 0 Å². The SMILES string of the molecule is CCOc1ccc(CN2C(=O)C(=O)/C(=C(/O)c3cc(C(C)(C)C)ccc3OC)C2c2ccc(OC)cc2)cc1. The molecule has 1 aliphatic rings. The van der Waals surface area contributed by atoms with E-state index in [1.807, 2.05) is 43.3 Å². The molecule has 7 nitrogen and oxygen atoms in total. The average Bonchev–Trinajstić information content (AvgIpc) is 3.18. The van der Waals surface area contributed by atoms with Crippen molar-refractivity contribution in [1.82, 2.24) is 4.90 Å². The van der Waals surface area contributed by atoms with Gasteiger partial charge in [-0.3, -0.25) is 9.59 Å². The molecule has 1 saturated heterocycles. The third-order valence-corrected chi connectivity index (χ3v) is 6.88. The van der Waals surface area contributed by atoms with Crippen molar-refractivity contribution in [2.45, 2.75) is 45.7 Å². The Kier molecular flexibility index (Phi) is 8.00. The number of carbonyl (C=O) groups is 2. The summed E-state index contributed by atoms with van der Waals surface area (Å²) in [5.74, 6) is 0.0697. The Morgan fingerprint density at radius 2 is 1.54 bits per heavy atom. The van der Waals surface area contributed by atoms with Crippen LogP contribution in [0, 0.1) is 0 Å². The van der Waals surface area contributed by atoms with E-state index in [0.717, 1.165) is 16.9 Å². The van der Waals surface area contributed by atoms with Gasteiger partial charge in [0.2, 0.25) is 0 Å². The van der Waals surface area contributed by atoms with Crippen LogP contribution in [0.5, 0.6) is 17.2 Å². The van der Waals surface area contributed by atoms with E-state index in [4.69, 9.17) is 14.2 Å². The Bertz CT molecular complexity index is 1380. The minimum absolute atomic E-state index is 0.0143. The predicted octanol–water partition coefficient (Wildman–Crippen LogP) is 6.02. The zero-order chi connectivity index (χ0) is 28.3. The Hall–Kier alpha value is -4.26. The third kappa shape index (κ3) is 5.62. The lowest BCUT2D eigenvalue weighted by atomic mass is 9.85. The molecule has 0 spiro atoms. The lowest BCUT2D eigenvalue weighted by molar-refractivity contribution is -0.140. The van der Waals surface area contributed by atoms with Crippen LogP contribution in [0.3, 0.4) is 0 Å². The van der Waals surface area contributed by atoms with Gasteiger partial charge in [0.05, 0.1) is 38.0 Å². The minimum Gasteiger partial charge on any atom is -0.507 e. The number of rotatable bonds is 8. The molecule has 1 unspecified atom stereocenters. The fourth-order valence-corrected chi connectivity index (χ4v) is 4.73. The van der Waals surface area contributed by atoms with Gasteiger partial charge in [0.1, 0.15) is 23.0 Å². The molecule has 1 atom stereocenters. The second kappa shape index (κ2) is 11.2. The van der Waals surface area contributed by atoms with Crippen LogP contribution >= 0.6 is 0 Å². The van der Waals surface area contributed by atoms with Crippen molar-refractivity contribution < 1.29 is 28.9 Å². The molecule has 0 radical (unpaired) electrons. The van der Waals surface area contributed by atoms with Crippen molar-refractivity contribution in [3.63, 3.8) is 0 Å². The summed E-state index contributed by atoms with van der Waals surface area (Å²) >= 11 is 0. The van der Waals surface area contributed by atoms with E-state index >= 15 is 0 Å². The predicted molar refractivity (Wildman–Crippen MR) is 150 cm³/mol.